The second kappa shape index (κ2) is 5.90. The number of amides is 1. The first-order valence-electron chi connectivity index (χ1n) is 9.18. The average molecular weight is 365 g/mol. The number of H-pyrrole nitrogens is 1. The molecule has 1 unspecified atom stereocenters. The maximum absolute atomic E-state index is 15.0. The predicted molar refractivity (Wildman–Crippen MR) is 101 cm³/mol. The molecule has 1 atom stereocenters. The molecule has 1 saturated heterocycles. The summed E-state index contributed by atoms with van der Waals surface area (Å²) < 4.78 is 15.0. The zero-order valence-electron chi connectivity index (χ0n) is 15.0. The van der Waals surface area contributed by atoms with Gasteiger partial charge in [0.25, 0.3) is 5.91 Å². The van der Waals surface area contributed by atoms with Crippen molar-refractivity contribution >= 4 is 16.8 Å². The monoisotopic (exact) mass is 365 g/mol. The van der Waals surface area contributed by atoms with Crippen molar-refractivity contribution in [1.29, 1.82) is 0 Å². The molecule has 6 heteroatoms. The van der Waals surface area contributed by atoms with Gasteiger partial charge in [0.05, 0.1) is 11.3 Å². The second-order valence-electron chi connectivity index (χ2n) is 7.48. The van der Waals surface area contributed by atoms with Crippen molar-refractivity contribution in [2.45, 2.75) is 31.9 Å². The van der Waals surface area contributed by atoms with Gasteiger partial charge in [0.2, 0.25) is 0 Å². The van der Waals surface area contributed by atoms with Crippen LogP contribution in [-0.4, -0.2) is 17.4 Å². The van der Waals surface area contributed by atoms with E-state index in [4.69, 9.17) is 4.84 Å². The Morgan fingerprint density at radius 2 is 2.11 bits per heavy atom. The van der Waals surface area contributed by atoms with Crippen LogP contribution in [-0.2, 0) is 17.0 Å². The van der Waals surface area contributed by atoms with Crippen LogP contribution in [0.15, 0.2) is 36.4 Å². The molecule has 1 amide bonds. The molecule has 2 aromatic carbocycles. The fraction of sp³-hybridized carbons (Fsp3) is 0.286. The molecule has 27 heavy (non-hydrogen) atoms. The number of hydrogen-bond donors (Lipinski definition) is 3. The number of hydroxylamine groups is 1. The van der Waals surface area contributed by atoms with Crippen LogP contribution >= 0.6 is 0 Å². The van der Waals surface area contributed by atoms with Crippen molar-refractivity contribution in [3.63, 3.8) is 0 Å². The Labute approximate surface area is 155 Å². The van der Waals surface area contributed by atoms with E-state index in [0.29, 0.717) is 11.1 Å². The van der Waals surface area contributed by atoms with Crippen molar-refractivity contribution < 1.29 is 14.0 Å². The molecule has 2 aliphatic rings. The SMILES string of the molecule is CC1(c2ccc(-c3[nH]c4cccc5c4c3CONC5=O)cc2F)CCCN1. The van der Waals surface area contributed by atoms with Crippen LogP contribution in [0.1, 0.15) is 41.3 Å². The van der Waals surface area contributed by atoms with Gasteiger partial charge in [-0.1, -0.05) is 18.2 Å². The lowest BCUT2D eigenvalue weighted by molar-refractivity contribution is 0.0256. The molecule has 3 aromatic rings. The number of carbonyl (C=O) groups excluding carboxylic acids is 1. The normalized spacial score (nSPS) is 22.1. The number of aromatic amines is 1. The van der Waals surface area contributed by atoms with Crippen molar-refractivity contribution in [1.82, 2.24) is 15.8 Å². The zero-order chi connectivity index (χ0) is 18.6. The highest BCUT2D eigenvalue weighted by Crippen LogP contribution is 2.37. The van der Waals surface area contributed by atoms with Crippen LogP contribution in [0.5, 0.6) is 0 Å². The van der Waals surface area contributed by atoms with E-state index in [1.54, 1.807) is 12.1 Å². The third kappa shape index (κ3) is 2.48. The van der Waals surface area contributed by atoms with E-state index in [0.717, 1.165) is 47.1 Å². The Morgan fingerprint density at radius 3 is 2.89 bits per heavy atom. The Morgan fingerprint density at radius 1 is 1.22 bits per heavy atom. The molecule has 1 fully saturated rings. The van der Waals surface area contributed by atoms with Gasteiger partial charge < -0.3 is 10.3 Å². The molecule has 3 heterocycles. The molecule has 5 rings (SSSR count). The summed E-state index contributed by atoms with van der Waals surface area (Å²) in [4.78, 5) is 20.9. The minimum atomic E-state index is -0.318. The number of carbonyl (C=O) groups is 1. The fourth-order valence-electron chi connectivity index (χ4n) is 4.37. The van der Waals surface area contributed by atoms with Crippen LogP contribution in [0.2, 0.25) is 0 Å². The highest BCUT2D eigenvalue weighted by molar-refractivity contribution is 6.09. The third-order valence-corrected chi connectivity index (χ3v) is 5.77. The van der Waals surface area contributed by atoms with Crippen LogP contribution in [0.4, 0.5) is 4.39 Å². The van der Waals surface area contributed by atoms with Crippen LogP contribution in [0, 0.1) is 5.82 Å². The highest BCUT2D eigenvalue weighted by atomic mass is 19.1. The summed E-state index contributed by atoms with van der Waals surface area (Å²) >= 11 is 0. The van der Waals surface area contributed by atoms with Gasteiger partial charge in [0.1, 0.15) is 12.4 Å². The van der Waals surface area contributed by atoms with Gasteiger partial charge in [-0.3, -0.25) is 9.63 Å². The van der Waals surface area contributed by atoms with E-state index < -0.39 is 0 Å². The molecule has 0 saturated carbocycles. The summed E-state index contributed by atoms with van der Waals surface area (Å²) in [6.45, 7) is 3.18. The molecule has 138 valence electrons. The zero-order valence-corrected chi connectivity index (χ0v) is 15.0. The molecule has 0 bridgehead atoms. The first-order chi connectivity index (χ1) is 13.1. The van der Waals surface area contributed by atoms with E-state index in [2.05, 4.69) is 15.8 Å². The lowest BCUT2D eigenvalue weighted by Crippen LogP contribution is -2.34. The molecule has 0 radical (unpaired) electrons. The Hall–Kier alpha value is -2.70. The highest BCUT2D eigenvalue weighted by Gasteiger charge is 2.32. The summed E-state index contributed by atoms with van der Waals surface area (Å²) in [5.74, 6) is -0.495. The lowest BCUT2D eigenvalue weighted by Gasteiger charge is -2.25. The first kappa shape index (κ1) is 16.5. The summed E-state index contributed by atoms with van der Waals surface area (Å²) in [5, 5.41) is 4.24. The molecule has 1 aromatic heterocycles. The fourth-order valence-corrected chi connectivity index (χ4v) is 4.37. The summed E-state index contributed by atoms with van der Waals surface area (Å²) in [7, 11) is 0. The molecule has 5 nitrogen and oxygen atoms in total. The molecular weight excluding hydrogens is 345 g/mol. The van der Waals surface area contributed by atoms with Gasteiger partial charge in [-0.05, 0) is 44.5 Å². The number of rotatable bonds is 2. The third-order valence-electron chi connectivity index (χ3n) is 5.77. The number of benzene rings is 2. The van der Waals surface area contributed by atoms with Crippen LogP contribution < -0.4 is 10.8 Å². The minimum Gasteiger partial charge on any atom is -0.354 e. The smallest absolute Gasteiger partial charge is 0.275 e. The van der Waals surface area contributed by atoms with E-state index in [-0.39, 0.29) is 23.9 Å². The first-order valence-corrected chi connectivity index (χ1v) is 9.18. The number of hydrogen-bond acceptors (Lipinski definition) is 3. The predicted octanol–water partition coefficient (Wildman–Crippen LogP) is 3.75. The molecule has 0 aliphatic carbocycles. The van der Waals surface area contributed by atoms with Gasteiger partial charge in [0, 0.05) is 33.1 Å². The summed E-state index contributed by atoms with van der Waals surface area (Å²) in [6, 6.07) is 10.9. The number of aromatic nitrogens is 1. The van der Waals surface area contributed by atoms with Gasteiger partial charge in [-0.2, -0.15) is 0 Å². The van der Waals surface area contributed by atoms with Crippen molar-refractivity contribution in [3.8, 4) is 11.3 Å². The number of halogens is 1. The van der Waals surface area contributed by atoms with E-state index in [1.165, 1.54) is 0 Å². The van der Waals surface area contributed by atoms with Gasteiger partial charge >= 0.3 is 0 Å². The van der Waals surface area contributed by atoms with Crippen LogP contribution in [0.3, 0.4) is 0 Å². The second-order valence-corrected chi connectivity index (χ2v) is 7.48. The molecule has 0 spiro atoms. The van der Waals surface area contributed by atoms with Crippen molar-refractivity contribution in [3.05, 3.63) is 58.9 Å². The standard InChI is InChI=1S/C21H20FN3O2/c1-21(8-3-9-23-21)15-7-6-12(10-16(15)22)19-14-11-27-25-20(26)13-4-2-5-17(24-19)18(13)14/h2,4-7,10,23-24H,3,8-9,11H2,1H3,(H,25,26). The quantitative estimate of drug-likeness (QED) is 0.648. The van der Waals surface area contributed by atoms with Gasteiger partial charge in [-0.25, -0.2) is 9.87 Å². The lowest BCUT2D eigenvalue weighted by atomic mass is 9.89. The average Bonchev–Trinajstić information content (AvgIpc) is 3.21. The van der Waals surface area contributed by atoms with E-state index >= 15 is 4.39 Å². The van der Waals surface area contributed by atoms with Gasteiger partial charge in [0.15, 0.2) is 0 Å². The van der Waals surface area contributed by atoms with Crippen molar-refractivity contribution in [2.75, 3.05) is 6.54 Å². The maximum atomic E-state index is 15.0. The minimum absolute atomic E-state index is 0.223. The molecule has 2 aliphatic heterocycles. The Bertz CT molecular complexity index is 1070. The van der Waals surface area contributed by atoms with Crippen LogP contribution in [0.25, 0.3) is 22.2 Å². The maximum Gasteiger partial charge on any atom is 0.275 e. The summed E-state index contributed by atoms with van der Waals surface area (Å²) in [6.07, 6.45) is 1.97. The Kier molecular flexibility index (Phi) is 3.60. The number of nitrogens with one attached hydrogen (secondary N) is 3. The van der Waals surface area contributed by atoms with E-state index in [9.17, 15) is 4.79 Å². The van der Waals surface area contributed by atoms with Crippen molar-refractivity contribution in [2.24, 2.45) is 0 Å². The molecule has 3 N–H and O–H groups in total. The molecular formula is C21H20FN3O2. The Balaban J connectivity index is 1.66. The summed E-state index contributed by atoms with van der Waals surface area (Å²) in [5.41, 5.74) is 6.60. The van der Waals surface area contributed by atoms with Gasteiger partial charge in [-0.15, -0.1) is 0 Å². The topological polar surface area (TPSA) is 66.1 Å². The van der Waals surface area contributed by atoms with E-state index in [1.807, 2.05) is 31.2 Å². The largest absolute Gasteiger partial charge is 0.354 e.